The number of fused-ring (bicyclic) bond motifs is 2. The van der Waals surface area contributed by atoms with Gasteiger partial charge in [0.1, 0.15) is 17.4 Å². The smallest absolute Gasteiger partial charge is 0.417 e. The lowest BCUT2D eigenvalue weighted by atomic mass is 10.1. The van der Waals surface area contributed by atoms with Crippen molar-refractivity contribution in [3.8, 4) is 5.75 Å². The third-order valence-corrected chi connectivity index (χ3v) is 5.74. The van der Waals surface area contributed by atoms with Crippen molar-refractivity contribution >= 4 is 32.9 Å². The number of carboxylic acid groups (broad SMARTS) is 1. The SMILES string of the molecule is O=C(O)Cc1coc2cc(OC3CCc4c3ccc(C(F)(F)F)c4Br)ccc12. The molecule has 1 N–H and O–H groups in total. The first-order valence-corrected chi connectivity index (χ1v) is 9.30. The molecule has 28 heavy (non-hydrogen) atoms. The van der Waals surface area contributed by atoms with Crippen molar-refractivity contribution in [3.63, 3.8) is 0 Å². The zero-order valence-corrected chi connectivity index (χ0v) is 15.9. The van der Waals surface area contributed by atoms with E-state index in [9.17, 15) is 18.0 Å². The van der Waals surface area contributed by atoms with Gasteiger partial charge in [0.25, 0.3) is 0 Å². The monoisotopic (exact) mass is 454 g/mol. The minimum Gasteiger partial charge on any atom is -0.486 e. The highest BCUT2D eigenvalue weighted by Crippen LogP contribution is 2.44. The molecule has 0 bridgehead atoms. The van der Waals surface area contributed by atoms with Crippen molar-refractivity contribution in [2.45, 2.75) is 31.5 Å². The number of aliphatic carboxylic acids is 1. The Morgan fingerprint density at radius 2 is 2.07 bits per heavy atom. The van der Waals surface area contributed by atoms with Crippen LogP contribution in [0.3, 0.4) is 0 Å². The predicted octanol–water partition coefficient (Wildman–Crippen LogP) is 5.91. The lowest BCUT2D eigenvalue weighted by molar-refractivity contribution is -0.138. The average molecular weight is 455 g/mol. The molecule has 3 aromatic rings. The number of hydrogen-bond acceptors (Lipinski definition) is 3. The average Bonchev–Trinajstić information content (AvgIpc) is 3.19. The normalized spacial score (nSPS) is 16.4. The molecule has 0 radical (unpaired) electrons. The third-order valence-electron chi connectivity index (χ3n) is 4.84. The predicted molar refractivity (Wildman–Crippen MR) is 98.4 cm³/mol. The van der Waals surface area contributed by atoms with Crippen molar-refractivity contribution < 1.29 is 32.2 Å². The first-order chi connectivity index (χ1) is 13.2. The highest BCUT2D eigenvalue weighted by molar-refractivity contribution is 9.10. The molecule has 2 aromatic carbocycles. The first-order valence-electron chi connectivity index (χ1n) is 8.51. The fraction of sp³-hybridized carbons (Fsp3) is 0.250. The van der Waals surface area contributed by atoms with Crippen LogP contribution in [-0.2, 0) is 23.8 Å². The van der Waals surface area contributed by atoms with E-state index in [4.69, 9.17) is 14.3 Å². The molecule has 0 saturated carbocycles. The van der Waals surface area contributed by atoms with Gasteiger partial charge >= 0.3 is 12.1 Å². The molecular formula is C20H14BrF3O4. The number of carboxylic acids is 1. The molecule has 146 valence electrons. The summed E-state index contributed by atoms with van der Waals surface area (Å²) < 4.78 is 50.7. The van der Waals surface area contributed by atoms with E-state index >= 15 is 0 Å². The summed E-state index contributed by atoms with van der Waals surface area (Å²) >= 11 is 3.10. The van der Waals surface area contributed by atoms with Crippen LogP contribution >= 0.6 is 15.9 Å². The molecule has 4 rings (SSSR count). The molecule has 1 aliphatic rings. The second-order valence-electron chi connectivity index (χ2n) is 6.63. The van der Waals surface area contributed by atoms with Gasteiger partial charge in [-0.05, 0) is 58.1 Å². The van der Waals surface area contributed by atoms with Crippen LogP contribution in [0.25, 0.3) is 11.0 Å². The second kappa shape index (κ2) is 6.84. The standard InChI is InChI=1S/C20H14BrF3O4/c21-19-14-4-6-16(13(14)3-5-15(19)20(22,23)24)28-11-1-2-12-10(7-18(25)26)9-27-17(12)8-11/h1-3,5,8-9,16H,4,6-7H2,(H,25,26). The summed E-state index contributed by atoms with van der Waals surface area (Å²) in [5.74, 6) is -0.438. The zero-order chi connectivity index (χ0) is 20.1. The lowest BCUT2D eigenvalue weighted by Gasteiger charge is -2.17. The van der Waals surface area contributed by atoms with E-state index < -0.39 is 17.7 Å². The van der Waals surface area contributed by atoms with Crippen molar-refractivity contribution in [3.05, 3.63) is 63.3 Å². The van der Waals surface area contributed by atoms with E-state index in [1.807, 2.05) is 0 Å². The summed E-state index contributed by atoms with van der Waals surface area (Å²) in [6.07, 6.45) is -2.46. The van der Waals surface area contributed by atoms with Crippen LogP contribution in [0, 0.1) is 0 Å². The highest BCUT2D eigenvalue weighted by atomic mass is 79.9. The van der Waals surface area contributed by atoms with Crippen LogP contribution < -0.4 is 4.74 Å². The Bertz CT molecular complexity index is 1070. The molecular weight excluding hydrogens is 441 g/mol. The number of furan rings is 1. The number of rotatable bonds is 4. The zero-order valence-electron chi connectivity index (χ0n) is 14.3. The summed E-state index contributed by atoms with van der Waals surface area (Å²) in [5, 5.41) is 9.63. The van der Waals surface area contributed by atoms with E-state index in [0.29, 0.717) is 40.7 Å². The second-order valence-corrected chi connectivity index (χ2v) is 7.42. The molecule has 4 nitrogen and oxygen atoms in total. The lowest BCUT2D eigenvalue weighted by Crippen LogP contribution is -2.09. The molecule has 0 spiro atoms. The molecule has 0 fully saturated rings. The summed E-state index contributed by atoms with van der Waals surface area (Å²) in [4.78, 5) is 10.9. The van der Waals surface area contributed by atoms with E-state index in [-0.39, 0.29) is 17.0 Å². The van der Waals surface area contributed by atoms with Gasteiger partial charge < -0.3 is 14.3 Å². The fourth-order valence-corrected chi connectivity index (χ4v) is 4.35. The van der Waals surface area contributed by atoms with Gasteiger partial charge in [0.2, 0.25) is 0 Å². The first kappa shape index (κ1) is 18.9. The van der Waals surface area contributed by atoms with Gasteiger partial charge in [-0.2, -0.15) is 13.2 Å². The quantitative estimate of drug-likeness (QED) is 0.532. The van der Waals surface area contributed by atoms with E-state index in [2.05, 4.69) is 15.9 Å². The van der Waals surface area contributed by atoms with Gasteiger partial charge in [0, 0.05) is 21.5 Å². The maximum absolute atomic E-state index is 13.1. The summed E-state index contributed by atoms with van der Waals surface area (Å²) in [5.41, 5.74) is 1.73. The van der Waals surface area contributed by atoms with E-state index in [1.54, 1.807) is 18.2 Å². The number of ether oxygens (including phenoxy) is 1. The number of benzene rings is 2. The molecule has 1 aliphatic carbocycles. The van der Waals surface area contributed by atoms with Crippen molar-refractivity contribution in [1.29, 1.82) is 0 Å². The van der Waals surface area contributed by atoms with E-state index in [0.717, 1.165) is 11.6 Å². The maximum atomic E-state index is 13.1. The van der Waals surface area contributed by atoms with Gasteiger partial charge in [0.15, 0.2) is 0 Å². The topological polar surface area (TPSA) is 59.7 Å². The largest absolute Gasteiger partial charge is 0.486 e. The van der Waals surface area contributed by atoms with Gasteiger partial charge in [0.05, 0.1) is 18.2 Å². The van der Waals surface area contributed by atoms with Crippen molar-refractivity contribution in [2.24, 2.45) is 0 Å². The number of carbonyl (C=O) groups is 1. The fourth-order valence-electron chi connectivity index (χ4n) is 3.57. The molecule has 1 aromatic heterocycles. The van der Waals surface area contributed by atoms with E-state index in [1.165, 1.54) is 12.3 Å². The summed E-state index contributed by atoms with van der Waals surface area (Å²) in [6.45, 7) is 0. The summed E-state index contributed by atoms with van der Waals surface area (Å²) in [6, 6.07) is 7.64. The molecule has 1 atom stereocenters. The van der Waals surface area contributed by atoms with Crippen LogP contribution in [0.15, 0.2) is 45.5 Å². The molecule has 8 heteroatoms. The van der Waals surface area contributed by atoms with Gasteiger partial charge in [-0.25, -0.2) is 0 Å². The number of alkyl halides is 3. The third kappa shape index (κ3) is 3.37. The Kier molecular flexibility index (Phi) is 4.61. The van der Waals surface area contributed by atoms with Crippen LogP contribution in [0.1, 0.15) is 34.8 Å². The molecule has 0 saturated heterocycles. The van der Waals surface area contributed by atoms with Crippen molar-refractivity contribution in [2.75, 3.05) is 0 Å². The van der Waals surface area contributed by atoms with Gasteiger partial charge in [-0.3, -0.25) is 4.79 Å². The number of hydrogen-bond donors (Lipinski definition) is 1. The minimum atomic E-state index is -4.41. The highest BCUT2D eigenvalue weighted by Gasteiger charge is 2.36. The Balaban J connectivity index is 1.60. The Morgan fingerprint density at radius 3 is 2.79 bits per heavy atom. The van der Waals surface area contributed by atoms with Crippen LogP contribution in [-0.4, -0.2) is 11.1 Å². The molecule has 0 amide bonds. The van der Waals surface area contributed by atoms with Crippen LogP contribution in [0.4, 0.5) is 13.2 Å². The van der Waals surface area contributed by atoms with Gasteiger partial charge in [-0.15, -0.1) is 0 Å². The molecule has 0 aliphatic heterocycles. The Morgan fingerprint density at radius 1 is 1.29 bits per heavy atom. The van der Waals surface area contributed by atoms with Crippen LogP contribution in [0.2, 0.25) is 0 Å². The molecule has 1 unspecified atom stereocenters. The number of halogens is 4. The van der Waals surface area contributed by atoms with Crippen molar-refractivity contribution in [1.82, 2.24) is 0 Å². The Hall–Kier alpha value is -2.48. The maximum Gasteiger partial charge on any atom is 0.417 e. The van der Waals surface area contributed by atoms with Crippen LogP contribution in [0.5, 0.6) is 5.75 Å². The Labute approximate surface area is 166 Å². The minimum absolute atomic E-state index is 0.0726. The van der Waals surface area contributed by atoms with Gasteiger partial charge in [-0.1, -0.05) is 6.07 Å². The molecule has 1 heterocycles. The summed E-state index contributed by atoms with van der Waals surface area (Å²) in [7, 11) is 0.